The molecule has 0 saturated heterocycles. The van der Waals surface area contributed by atoms with E-state index in [0.717, 1.165) is 11.1 Å². The van der Waals surface area contributed by atoms with Crippen LogP contribution in [-0.2, 0) is 11.2 Å². The molecule has 0 radical (unpaired) electrons. The van der Waals surface area contributed by atoms with Crippen molar-refractivity contribution >= 4 is 17.4 Å². The predicted octanol–water partition coefficient (Wildman–Crippen LogP) is 5.47. The number of carbonyl (C=O) groups is 2. The standard InChI is InChI=1S/C26H27FN2O3/c1-4-26(31)29(5-2)23-13-12-21(16-22(23)27)19-8-10-20(11-9-19)24(30)14-6-18-7-15-25(32-3)28-17-18/h7-13,15-17H,4-6,14H2,1-3H3. The number of halogens is 1. The fourth-order valence-electron chi connectivity index (χ4n) is 3.51. The first kappa shape index (κ1) is 23.1. The van der Waals surface area contributed by atoms with Gasteiger partial charge in [0.15, 0.2) is 5.78 Å². The van der Waals surface area contributed by atoms with Gasteiger partial charge in [-0.2, -0.15) is 0 Å². The molecular formula is C26H27FN2O3. The third-order valence-electron chi connectivity index (χ3n) is 5.35. The Morgan fingerprint density at radius 2 is 1.72 bits per heavy atom. The summed E-state index contributed by atoms with van der Waals surface area (Å²) >= 11 is 0. The third kappa shape index (κ3) is 5.38. The largest absolute Gasteiger partial charge is 0.481 e. The average Bonchev–Trinajstić information content (AvgIpc) is 2.84. The van der Waals surface area contributed by atoms with Crippen molar-refractivity contribution in [2.45, 2.75) is 33.1 Å². The number of Topliss-reactive ketones (excluding diaryl/α,β-unsaturated/α-hetero) is 1. The molecule has 1 aromatic heterocycles. The normalized spacial score (nSPS) is 10.6. The first-order valence-corrected chi connectivity index (χ1v) is 10.7. The predicted molar refractivity (Wildman–Crippen MR) is 124 cm³/mol. The number of pyridine rings is 1. The number of methoxy groups -OCH3 is 1. The molecule has 0 unspecified atom stereocenters. The minimum absolute atomic E-state index is 0.0329. The van der Waals surface area contributed by atoms with E-state index in [1.165, 1.54) is 11.0 Å². The van der Waals surface area contributed by atoms with E-state index in [4.69, 9.17) is 4.74 Å². The van der Waals surface area contributed by atoms with Crippen molar-refractivity contribution in [3.8, 4) is 17.0 Å². The molecule has 0 aliphatic carbocycles. The second-order valence-electron chi connectivity index (χ2n) is 7.37. The van der Waals surface area contributed by atoms with Crippen LogP contribution in [0.2, 0.25) is 0 Å². The van der Waals surface area contributed by atoms with Crippen molar-refractivity contribution in [3.63, 3.8) is 0 Å². The molecule has 1 amide bonds. The van der Waals surface area contributed by atoms with Crippen LogP contribution in [-0.4, -0.2) is 30.3 Å². The molecule has 0 fully saturated rings. The van der Waals surface area contributed by atoms with Crippen molar-refractivity contribution in [2.75, 3.05) is 18.6 Å². The molecule has 0 spiro atoms. The molecule has 0 atom stereocenters. The number of ether oxygens (including phenoxy) is 1. The molecule has 166 valence electrons. The van der Waals surface area contributed by atoms with Gasteiger partial charge in [0, 0.05) is 37.2 Å². The summed E-state index contributed by atoms with van der Waals surface area (Å²) in [6, 6.07) is 15.7. The van der Waals surface area contributed by atoms with Gasteiger partial charge in [-0.3, -0.25) is 9.59 Å². The lowest BCUT2D eigenvalue weighted by molar-refractivity contribution is -0.118. The van der Waals surface area contributed by atoms with Crippen molar-refractivity contribution < 1.29 is 18.7 Å². The van der Waals surface area contributed by atoms with Crippen molar-refractivity contribution in [2.24, 2.45) is 0 Å². The van der Waals surface area contributed by atoms with Crippen LogP contribution in [0.3, 0.4) is 0 Å². The maximum atomic E-state index is 14.7. The van der Waals surface area contributed by atoms with Gasteiger partial charge in [-0.15, -0.1) is 0 Å². The number of amides is 1. The number of ketones is 1. The summed E-state index contributed by atoms with van der Waals surface area (Å²) in [7, 11) is 1.56. The average molecular weight is 435 g/mol. The maximum Gasteiger partial charge on any atom is 0.226 e. The summed E-state index contributed by atoms with van der Waals surface area (Å²) in [5.41, 5.74) is 3.35. The van der Waals surface area contributed by atoms with E-state index in [1.807, 2.05) is 25.1 Å². The number of hydrogen-bond donors (Lipinski definition) is 0. The van der Waals surface area contributed by atoms with Crippen LogP contribution < -0.4 is 9.64 Å². The number of anilines is 1. The van der Waals surface area contributed by atoms with E-state index in [0.29, 0.717) is 42.8 Å². The fraction of sp³-hybridized carbons (Fsp3) is 0.269. The lowest BCUT2D eigenvalue weighted by atomic mass is 9.99. The number of rotatable bonds is 9. The third-order valence-corrected chi connectivity index (χ3v) is 5.35. The highest BCUT2D eigenvalue weighted by Crippen LogP contribution is 2.27. The van der Waals surface area contributed by atoms with Gasteiger partial charge in [0.25, 0.3) is 0 Å². The summed E-state index contributed by atoms with van der Waals surface area (Å²) in [5, 5.41) is 0. The number of carbonyl (C=O) groups excluding carboxylic acids is 2. The lowest BCUT2D eigenvalue weighted by Crippen LogP contribution is -2.30. The molecule has 1 heterocycles. The molecule has 3 aromatic rings. The molecule has 6 heteroatoms. The molecule has 0 bridgehead atoms. The Labute approximate surface area is 187 Å². The van der Waals surface area contributed by atoms with Gasteiger partial charge in [-0.25, -0.2) is 9.37 Å². The minimum atomic E-state index is -0.445. The first-order chi connectivity index (χ1) is 15.5. The first-order valence-electron chi connectivity index (χ1n) is 10.7. The Morgan fingerprint density at radius 3 is 2.28 bits per heavy atom. The van der Waals surface area contributed by atoms with Crippen molar-refractivity contribution in [1.82, 2.24) is 4.98 Å². The lowest BCUT2D eigenvalue weighted by Gasteiger charge is -2.21. The van der Waals surface area contributed by atoms with Gasteiger partial charge >= 0.3 is 0 Å². The van der Waals surface area contributed by atoms with Gasteiger partial charge in [0.1, 0.15) is 5.82 Å². The maximum absolute atomic E-state index is 14.7. The smallest absolute Gasteiger partial charge is 0.226 e. The van der Waals surface area contributed by atoms with E-state index < -0.39 is 5.82 Å². The monoisotopic (exact) mass is 434 g/mol. The van der Waals surface area contributed by atoms with E-state index in [-0.39, 0.29) is 17.4 Å². The van der Waals surface area contributed by atoms with Crippen LogP contribution >= 0.6 is 0 Å². The Bertz CT molecular complexity index is 1080. The van der Waals surface area contributed by atoms with Crippen LogP contribution in [0.1, 0.15) is 42.6 Å². The summed E-state index contributed by atoms with van der Waals surface area (Å²) in [6.07, 6.45) is 2.99. The van der Waals surface area contributed by atoms with E-state index >= 15 is 0 Å². The van der Waals surface area contributed by atoms with Crippen LogP contribution in [0.4, 0.5) is 10.1 Å². The van der Waals surface area contributed by atoms with Gasteiger partial charge in [0.2, 0.25) is 11.8 Å². The highest BCUT2D eigenvalue weighted by atomic mass is 19.1. The minimum Gasteiger partial charge on any atom is -0.481 e. The van der Waals surface area contributed by atoms with Crippen LogP contribution in [0.5, 0.6) is 5.88 Å². The summed E-state index contributed by atoms with van der Waals surface area (Å²) in [5.74, 6) is 0.0110. The molecule has 32 heavy (non-hydrogen) atoms. The van der Waals surface area contributed by atoms with E-state index in [2.05, 4.69) is 4.98 Å². The van der Waals surface area contributed by atoms with Crippen LogP contribution in [0, 0.1) is 5.82 Å². The molecule has 0 aliphatic heterocycles. The molecule has 3 rings (SSSR count). The number of hydrogen-bond acceptors (Lipinski definition) is 4. The van der Waals surface area contributed by atoms with Gasteiger partial charge in [0.05, 0.1) is 12.8 Å². The van der Waals surface area contributed by atoms with Crippen molar-refractivity contribution in [3.05, 3.63) is 77.7 Å². The molecule has 0 N–H and O–H groups in total. The second-order valence-corrected chi connectivity index (χ2v) is 7.37. The van der Waals surface area contributed by atoms with Gasteiger partial charge < -0.3 is 9.64 Å². The Balaban J connectivity index is 1.68. The molecular weight excluding hydrogens is 407 g/mol. The van der Waals surface area contributed by atoms with Crippen LogP contribution in [0.25, 0.3) is 11.1 Å². The molecule has 0 saturated carbocycles. The molecule has 2 aromatic carbocycles. The number of aromatic nitrogens is 1. The van der Waals surface area contributed by atoms with E-state index in [9.17, 15) is 14.0 Å². The van der Waals surface area contributed by atoms with E-state index in [1.54, 1.807) is 50.6 Å². The summed E-state index contributed by atoms with van der Waals surface area (Å²) < 4.78 is 19.8. The fourth-order valence-corrected chi connectivity index (χ4v) is 3.51. The Hall–Kier alpha value is -3.54. The summed E-state index contributed by atoms with van der Waals surface area (Å²) in [6.45, 7) is 3.99. The zero-order valence-corrected chi connectivity index (χ0v) is 18.6. The zero-order valence-electron chi connectivity index (χ0n) is 18.6. The van der Waals surface area contributed by atoms with Crippen LogP contribution in [0.15, 0.2) is 60.8 Å². The second kappa shape index (κ2) is 10.7. The number of aryl methyl sites for hydroxylation is 1. The Morgan fingerprint density at radius 1 is 1.00 bits per heavy atom. The molecule has 0 aliphatic rings. The highest BCUT2D eigenvalue weighted by molar-refractivity contribution is 5.96. The molecule has 5 nitrogen and oxygen atoms in total. The van der Waals surface area contributed by atoms with Gasteiger partial charge in [-0.05, 0) is 42.2 Å². The Kier molecular flexibility index (Phi) is 7.71. The summed E-state index contributed by atoms with van der Waals surface area (Å²) in [4.78, 5) is 30.2. The number of benzene rings is 2. The number of nitrogens with zero attached hydrogens (tertiary/aromatic N) is 2. The quantitative estimate of drug-likeness (QED) is 0.419. The zero-order chi connectivity index (χ0) is 23.1. The van der Waals surface area contributed by atoms with Crippen molar-refractivity contribution in [1.29, 1.82) is 0 Å². The SMILES string of the molecule is CCC(=O)N(CC)c1ccc(-c2ccc(C(=O)CCc3ccc(OC)nc3)cc2)cc1F. The van der Waals surface area contributed by atoms with Gasteiger partial charge in [-0.1, -0.05) is 43.3 Å². The highest BCUT2D eigenvalue weighted by Gasteiger charge is 2.16. The topological polar surface area (TPSA) is 59.5 Å².